The van der Waals surface area contributed by atoms with E-state index in [4.69, 9.17) is 16.5 Å². The summed E-state index contributed by atoms with van der Waals surface area (Å²) in [6.45, 7) is 7.94. The minimum Gasteiger partial charge on any atom is -0.381 e. The Hall–Kier alpha value is -3.42. The molecular formula is C25H29N7. The molecule has 164 valence electrons. The summed E-state index contributed by atoms with van der Waals surface area (Å²) < 4.78 is 2.04. The second-order valence-electron chi connectivity index (χ2n) is 8.38. The van der Waals surface area contributed by atoms with Crippen LogP contribution < -0.4 is 16.4 Å². The molecule has 4 aromatic rings. The Morgan fingerprint density at radius 2 is 1.75 bits per heavy atom. The topological polar surface area (TPSA) is 88.7 Å². The van der Waals surface area contributed by atoms with Gasteiger partial charge in [-0.3, -0.25) is 9.30 Å². The molecule has 2 aromatic carbocycles. The van der Waals surface area contributed by atoms with Crippen molar-refractivity contribution in [3.63, 3.8) is 0 Å². The van der Waals surface area contributed by atoms with Crippen LogP contribution in [0.2, 0.25) is 0 Å². The summed E-state index contributed by atoms with van der Waals surface area (Å²) in [5.41, 5.74) is 19.0. The molecule has 1 aliphatic rings. The van der Waals surface area contributed by atoms with E-state index in [1.807, 2.05) is 16.8 Å². The standard InChI is InChI=1S/C25H29N7/c1-18-3-2-4-20(15-18)23-16-28-24(27)25-29-22(17-32(23)25)19-5-7-21(8-6-19)31-13-11-30(10-9-26)12-14-31/h2-8,15-17H,9-14,26H2,1H3,(H2,27,28). The first kappa shape index (κ1) is 20.5. The zero-order valence-electron chi connectivity index (χ0n) is 18.4. The van der Waals surface area contributed by atoms with Crippen molar-refractivity contribution in [1.29, 1.82) is 0 Å². The number of anilines is 2. The van der Waals surface area contributed by atoms with E-state index in [-0.39, 0.29) is 0 Å². The Balaban J connectivity index is 1.43. The molecule has 1 aliphatic heterocycles. The van der Waals surface area contributed by atoms with Crippen LogP contribution in [0, 0.1) is 6.92 Å². The highest BCUT2D eigenvalue weighted by molar-refractivity contribution is 5.74. The zero-order valence-corrected chi connectivity index (χ0v) is 18.4. The molecule has 0 saturated carbocycles. The van der Waals surface area contributed by atoms with Gasteiger partial charge in [0.25, 0.3) is 0 Å². The summed E-state index contributed by atoms with van der Waals surface area (Å²) in [4.78, 5) is 14.0. The molecule has 5 rings (SSSR count). The molecule has 0 amide bonds. The van der Waals surface area contributed by atoms with Gasteiger partial charge in [-0.25, -0.2) is 9.97 Å². The van der Waals surface area contributed by atoms with Crippen molar-refractivity contribution >= 4 is 17.2 Å². The van der Waals surface area contributed by atoms with Crippen molar-refractivity contribution in [2.45, 2.75) is 6.92 Å². The number of piperazine rings is 1. The molecule has 0 spiro atoms. The van der Waals surface area contributed by atoms with Crippen LogP contribution in [0.3, 0.4) is 0 Å². The van der Waals surface area contributed by atoms with Crippen LogP contribution in [0.15, 0.2) is 60.9 Å². The lowest BCUT2D eigenvalue weighted by atomic mass is 10.1. The van der Waals surface area contributed by atoms with Crippen molar-refractivity contribution in [3.05, 3.63) is 66.5 Å². The highest BCUT2D eigenvalue weighted by Gasteiger charge is 2.17. The van der Waals surface area contributed by atoms with Gasteiger partial charge < -0.3 is 16.4 Å². The number of nitrogen functional groups attached to an aromatic ring is 1. The SMILES string of the molecule is Cc1cccc(-c2cnc(N)c3nc(-c4ccc(N5CCN(CCN)CC5)cc4)cn23)c1. The van der Waals surface area contributed by atoms with Gasteiger partial charge in [-0.1, -0.05) is 35.9 Å². The minimum absolute atomic E-state index is 0.430. The first-order chi connectivity index (χ1) is 15.6. The molecule has 4 N–H and O–H groups in total. The maximum atomic E-state index is 6.17. The lowest BCUT2D eigenvalue weighted by molar-refractivity contribution is 0.265. The number of hydrogen-bond donors (Lipinski definition) is 2. The van der Waals surface area contributed by atoms with Gasteiger partial charge in [-0.15, -0.1) is 0 Å². The van der Waals surface area contributed by atoms with Crippen molar-refractivity contribution in [2.75, 3.05) is 49.9 Å². The van der Waals surface area contributed by atoms with Crippen molar-refractivity contribution in [2.24, 2.45) is 5.73 Å². The van der Waals surface area contributed by atoms with Crippen molar-refractivity contribution < 1.29 is 0 Å². The molecule has 0 bridgehead atoms. The van der Waals surface area contributed by atoms with Gasteiger partial charge in [-0.05, 0) is 25.1 Å². The fourth-order valence-electron chi connectivity index (χ4n) is 4.41. The summed E-state index contributed by atoms with van der Waals surface area (Å²) in [6, 6.07) is 17.0. The fourth-order valence-corrected chi connectivity index (χ4v) is 4.41. The minimum atomic E-state index is 0.430. The Morgan fingerprint density at radius 1 is 0.969 bits per heavy atom. The summed E-state index contributed by atoms with van der Waals surface area (Å²) in [7, 11) is 0. The van der Waals surface area contributed by atoms with Gasteiger partial charge in [0.15, 0.2) is 11.5 Å². The smallest absolute Gasteiger partial charge is 0.180 e. The number of nitrogens with two attached hydrogens (primary N) is 2. The van der Waals surface area contributed by atoms with E-state index in [2.05, 4.69) is 70.2 Å². The normalized spacial score (nSPS) is 14.9. The second kappa shape index (κ2) is 8.61. The number of hydrogen-bond acceptors (Lipinski definition) is 6. The molecule has 32 heavy (non-hydrogen) atoms. The predicted molar refractivity (Wildman–Crippen MR) is 131 cm³/mol. The van der Waals surface area contributed by atoms with Crippen LogP contribution in [0.5, 0.6) is 0 Å². The molecule has 7 nitrogen and oxygen atoms in total. The number of rotatable bonds is 5. The Labute approximate surface area is 188 Å². The lowest BCUT2D eigenvalue weighted by Gasteiger charge is -2.36. The monoisotopic (exact) mass is 427 g/mol. The fraction of sp³-hybridized carbons (Fsp3) is 0.280. The molecule has 0 unspecified atom stereocenters. The third-order valence-electron chi connectivity index (χ3n) is 6.18. The molecule has 7 heteroatoms. The number of aryl methyl sites for hydroxylation is 1. The first-order valence-electron chi connectivity index (χ1n) is 11.1. The van der Waals surface area contributed by atoms with Crippen molar-refractivity contribution in [3.8, 4) is 22.5 Å². The van der Waals surface area contributed by atoms with Gasteiger partial charge in [-0.2, -0.15) is 0 Å². The van der Waals surface area contributed by atoms with E-state index in [0.29, 0.717) is 11.5 Å². The van der Waals surface area contributed by atoms with Crippen molar-refractivity contribution in [1.82, 2.24) is 19.3 Å². The number of nitrogens with zero attached hydrogens (tertiary/aromatic N) is 5. The van der Waals surface area contributed by atoms with Crippen LogP contribution in [0.4, 0.5) is 11.5 Å². The molecule has 0 radical (unpaired) electrons. The second-order valence-corrected chi connectivity index (χ2v) is 8.38. The summed E-state index contributed by atoms with van der Waals surface area (Å²) in [5.74, 6) is 0.430. The molecule has 0 aliphatic carbocycles. The maximum Gasteiger partial charge on any atom is 0.180 e. The van der Waals surface area contributed by atoms with Crippen LogP contribution in [-0.2, 0) is 0 Å². The first-order valence-corrected chi connectivity index (χ1v) is 11.1. The van der Waals surface area contributed by atoms with E-state index in [1.54, 1.807) is 0 Å². The molecule has 1 saturated heterocycles. The molecule has 1 fully saturated rings. The highest BCUT2D eigenvalue weighted by atomic mass is 15.3. The summed E-state index contributed by atoms with van der Waals surface area (Å²) in [6.07, 6.45) is 3.86. The number of fused-ring (bicyclic) bond motifs is 1. The zero-order chi connectivity index (χ0) is 22.1. The number of aromatic nitrogens is 3. The third-order valence-corrected chi connectivity index (χ3v) is 6.18. The average molecular weight is 428 g/mol. The maximum absolute atomic E-state index is 6.17. The predicted octanol–water partition coefficient (Wildman–Crippen LogP) is 3.03. The third kappa shape index (κ3) is 3.92. The molecule has 3 heterocycles. The number of imidazole rings is 1. The van der Waals surface area contributed by atoms with Gasteiger partial charge in [0.2, 0.25) is 0 Å². The Morgan fingerprint density at radius 3 is 2.47 bits per heavy atom. The number of benzene rings is 2. The molecular weight excluding hydrogens is 398 g/mol. The quantitative estimate of drug-likeness (QED) is 0.509. The van der Waals surface area contributed by atoms with E-state index in [1.165, 1.54) is 11.3 Å². The van der Waals surface area contributed by atoms with E-state index in [9.17, 15) is 0 Å². The Bertz CT molecular complexity index is 1220. The van der Waals surface area contributed by atoms with Gasteiger partial charge in [0, 0.05) is 62.3 Å². The van der Waals surface area contributed by atoms with E-state index < -0.39 is 0 Å². The van der Waals surface area contributed by atoms with Crippen LogP contribution in [0.25, 0.3) is 28.2 Å². The summed E-state index contributed by atoms with van der Waals surface area (Å²) in [5, 5.41) is 0. The van der Waals surface area contributed by atoms with E-state index >= 15 is 0 Å². The molecule has 2 aromatic heterocycles. The van der Waals surface area contributed by atoms with Gasteiger partial charge >= 0.3 is 0 Å². The average Bonchev–Trinajstić information content (AvgIpc) is 3.27. The van der Waals surface area contributed by atoms with Gasteiger partial charge in [0.05, 0.1) is 17.6 Å². The van der Waals surface area contributed by atoms with Crippen LogP contribution in [0.1, 0.15) is 5.56 Å². The van der Waals surface area contributed by atoms with E-state index in [0.717, 1.165) is 61.8 Å². The van der Waals surface area contributed by atoms with Gasteiger partial charge in [0.1, 0.15) is 0 Å². The van der Waals surface area contributed by atoms with Crippen LogP contribution >= 0.6 is 0 Å². The Kier molecular flexibility index (Phi) is 5.51. The lowest BCUT2D eigenvalue weighted by Crippen LogP contribution is -2.47. The largest absolute Gasteiger partial charge is 0.381 e. The summed E-state index contributed by atoms with van der Waals surface area (Å²) >= 11 is 0. The highest BCUT2D eigenvalue weighted by Crippen LogP contribution is 2.28. The molecule has 0 atom stereocenters. The van der Waals surface area contributed by atoms with Crippen LogP contribution in [-0.4, -0.2) is 58.5 Å².